The highest BCUT2D eigenvalue weighted by Gasteiger charge is 2.49. The lowest BCUT2D eigenvalue weighted by Gasteiger charge is -2.35. The molecule has 2 amide bonds. The lowest BCUT2D eigenvalue weighted by molar-refractivity contribution is -0.144. The second-order valence-corrected chi connectivity index (χ2v) is 5.62. The molecule has 0 atom stereocenters. The number of amidine groups is 1. The van der Waals surface area contributed by atoms with E-state index < -0.39 is 5.41 Å². The van der Waals surface area contributed by atoms with E-state index in [1.807, 2.05) is 0 Å². The Balaban J connectivity index is 1.71. The van der Waals surface area contributed by atoms with Crippen LogP contribution in [-0.2, 0) is 9.59 Å². The molecule has 3 aliphatic rings. The molecule has 0 bridgehead atoms. The van der Waals surface area contributed by atoms with Gasteiger partial charge in [0.1, 0.15) is 11.3 Å². The van der Waals surface area contributed by atoms with E-state index in [1.165, 1.54) is 12.8 Å². The predicted octanol–water partition coefficient (Wildman–Crippen LogP) is 0.744. The van der Waals surface area contributed by atoms with Crippen LogP contribution in [0.2, 0.25) is 0 Å². The van der Waals surface area contributed by atoms with E-state index >= 15 is 0 Å². The summed E-state index contributed by atoms with van der Waals surface area (Å²) < 4.78 is 0. The molecule has 2 aliphatic carbocycles. The summed E-state index contributed by atoms with van der Waals surface area (Å²) in [7, 11) is 0. The third kappa shape index (κ3) is 2.07. The maximum absolute atomic E-state index is 12.2. The predicted molar refractivity (Wildman–Crippen MR) is 67.1 cm³/mol. The molecule has 0 radical (unpaired) electrons. The van der Waals surface area contributed by atoms with Crippen LogP contribution in [0.3, 0.4) is 0 Å². The van der Waals surface area contributed by atoms with Gasteiger partial charge in [-0.1, -0.05) is 19.3 Å². The van der Waals surface area contributed by atoms with E-state index in [0.29, 0.717) is 31.3 Å². The number of carbonyl (C=O) groups is 2. The number of amides is 2. The third-order valence-electron chi connectivity index (χ3n) is 4.18. The average Bonchev–Trinajstić information content (AvgIpc) is 3.19. The molecule has 3 rings (SSSR count). The number of rotatable bonds is 3. The van der Waals surface area contributed by atoms with Gasteiger partial charge in [-0.2, -0.15) is 4.99 Å². The third-order valence-corrected chi connectivity index (χ3v) is 4.18. The van der Waals surface area contributed by atoms with Crippen molar-refractivity contribution in [1.29, 1.82) is 0 Å². The molecule has 0 aromatic rings. The summed E-state index contributed by atoms with van der Waals surface area (Å²) in [6.07, 6.45) is 6.68. The molecule has 2 saturated carbocycles. The minimum Gasteiger partial charge on any atom is -0.312 e. The zero-order valence-electron chi connectivity index (χ0n) is 10.5. The van der Waals surface area contributed by atoms with Crippen molar-refractivity contribution in [2.45, 2.75) is 51.0 Å². The minimum absolute atomic E-state index is 0.130. The topological polar surface area (TPSA) is 70.6 Å². The summed E-state index contributed by atoms with van der Waals surface area (Å²) in [5.41, 5.74) is -0.846. The van der Waals surface area contributed by atoms with Crippen LogP contribution in [0.4, 0.5) is 0 Å². The largest absolute Gasteiger partial charge is 0.312 e. The number of aliphatic imine (C=N–C) groups is 1. The second kappa shape index (κ2) is 4.46. The molecule has 0 unspecified atom stereocenters. The Bertz CT molecular complexity index is 406. The van der Waals surface area contributed by atoms with Crippen LogP contribution in [-0.4, -0.2) is 30.2 Å². The van der Waals surface area contributed by atoms with Crippen molar-refractivity contribution in [1.82, 2.24) is 10.6 Å². The van der Waals surface area contributed by atoms with Crippen LogP contribution in [0.25, 0.3) is 0 Å². The summed E-state index contributed by atoms with van der Waals surface area (Å²) >= 11 is 0. The summed E-state index contributed by atoms with van der Waals surface area (Å²) in [4.78, 5) is 28.5. The lowest BCUT2D eigenvalue weighted by Crippen LogP contribution is -2.55. The van der Waals surface area contributed by atoms with Gasteiger partial charge in [0.2, 0.25) is 5.91 Å². The average molecular weight is 249 g/mol. The molecule has 0 aromatic heterocycles. The van der Waals surface area contributed by atoms with Gasteiger partial charge in [-0.05, 0) is 25.7 Å². The van der Waals surface area contributed by atoms with Crippen molar-refractivity contribution < 1.29 is 9.59 Å². The van der Waals surface area contributed by atoms with Crippen molar-refractivity contribution in [2.24, 2.45) is 10.4 Å². The van der Waals surface area contributed by atoms with Crippen molar-refractivity contribution >= 4 is 17.6 Å². The quantitative estimate of drug-likeness (QED) is 0.725. The van der Waals surface area contributed by atoms with Gasteiger partial charge in [-0.15, -0.1) is 0 Å². The summed E-state index contributed by atoms with van der Waals surface area (Å²) in [6, 6.07) is 0.547. The molecule has 18 heavy (non-hydrogen) atoms. The fourth-order valence-corrected chi connectivity index (χ4v) is 2.81. The smallest absolute Gasteiger partial charge is 0.263 e. The standard InChI is InChI=1S/C13H19N3O2/c17-11-13(6-2-1-3-7-13)12(18)16-10(15-11)8-14-9-4-5-9/h9,14H,1-8H2,(H,15,16,17,18). The maximum Gasteiger partial charge on any atom is 0.263 e. The Morgan fingerprint density at radius 3 is 2.56 bits per heavy atom. The fraction of sp³-hybridized carbons (Fsp3) is 0.769. The highest BCUT2D eigenvalue weighted by molar-refractivity contribution is 6.19. The lowest BCUT2D eigenvalue weighted by atomic mass is 9.72. The van der Waals surface area contributed by atoms with Crippen molar-refractivity contribution in [3.8, 4) is 0 Å². The summed E-state index contributed by atoms with van der Waals surface area (Å²) in [5, 5.41) is 6.08. The molecule has 5 nitrogen and oxygen atoms in total. The molecule has 1 heterocycles. The molecule has 2 N–H and O–H groups in total. The second-order valence-electron chi connectivity index (χ2n) is 5.62. The van der Waals surface area contributed by atoms with Crippen LogP contribution in [0.15, 0.2) is 4.99 Å². The van der Waals surface area contributed by atoms with E-state index in [4.69, 9.17) is 0 Å². The first kappa shape index (κ1) is 11.8. The zero-order chi connectivity index (χ0) is 12.6. The first-order valence-electron chi connectivity index (χ1n) is 6.87. The first-order valence-corrected chi connectivity index (χ1v) is 6.87. The molecular weight excluding hydrogens is 230 g/mol. The van der Waals surface area contributed by atoms with E-state index in [9.17, 15) is 9.59 Å². The maximum atomic E-state index is 12.2. The Labute approximate surface area is 106 Å². The van der Waals surface area contributed by atoms with Gasteiger partial charge in [0, 0.05) is 6.04 Å². The van der Waals surface area contributed by atoms with Crippen LogP contribution in [0, 0.1) is 5.41 Å². The number of hydrogen-bond acceptors (Lipinski definition) is 3. The van der Waals surface area contributed by atoms with Crippen molar-refractivity contribution in [3.05, 3.63) is 0 Å². The highest BCUT2D eigenvalue weighted by atomic mass is 16.2. The number of nitrogens with one attached hydrogen (secondary N) is 2. The molecule has 0 aromatic carbocycles. The molecule has 1 aliphatic heterocycles. The van der Waals surface area contributed by atoms with Gasteiger partial charge in [0.05, 0.1) is 6.54 Å². The molecular formula is C13H19N3O2. The van der Waals surface area contributed by atoms with Crippen LogP contribution in [0.5, 0.6) is 0 Å². The first-order chi connectivity index (χ1) is 8.71. The van der Waals surface area contributed by atoms with E-state index in [2.05, 4.69) is 15.6 Å². The SMILES string of the molecule is O=C1N=C(CNC2CC2)NC(=O)C12CCCCC2. The van der Waals surface area contributed by atoms with Gasteiger partial charge >= 0.3 is 0 Å². The molecule has 0 saturated heterocycles. The molecule has 2 fully saturated rings. The van der Waals surface area contributed by atoms with E-state index in [1.54, 1.807) is 0 Å². The summed E-state index contributed by atoms with van der Waals surface area (Å²) in [6.45, 7) is 0.498. The van der Waals surface area contributed by atoms with Crippen LogP contribution < -0.4 is 10.6 Å². The monoisotopic (exact) mass is 249 g/mol. The molecule has 5 heteroatoms. The van der Waals surface area contributed by atoms with Gasteiger partial charge in [0.25, 0.3) is 5.91 Å². The minimum atomic E-state index is -0.846. The fourth-order valence-electron chi connectivity index (χ4n) is 2.81. The van der Waals surface area contributed by atoms with E-state index in [-0.39, 0.29) is 11.8 Å². The van der Waals surface area contributed by atoms with Gasteiger partial charge in [0.15, 0.2) is 0 Å². The Morgan fingerprint density at radius 2 is 1.94 bits per heavy atom. The number of nitrogens with zero attached hydrogens (tertiary/aromatic N) is 1. The zero-order valence-corrected chi connectivity index (χ0v) is 10.5. The Morgan fingerprint density at radius 1 is 1.22 bits per heavy atom. The van der Waals surface area contributed by atoms with Gasteiger partial charge in [-0.3, -0.25) is 9.59 Å². The van der Waals surface area contributed by atoms with Crippen molar-refractivity contribution in [2.75, 3.05) is 6.54 Å². The van der Waals surface area contributed by atoms with Crippen LogP contribution >= 0.6 is 0 Å². The molecule has 98 valence electrons. The molecule has 1 spiro atoms. The van der Waals surface area contributed by atoms with E-state index in [0.717, 1.165) is 19.3 Å². The Hall–Kier alpha value is -1.23. The van der Waals surface area contributed by atoms with Crippen molar-refractivity contribution in [3.63, 3.8) is 0 Å². The van der Waals surface area contributed by atoms with Crippen LogP contribution in [0.1, 0.15) is 44.9 Å². The number of hydrogen-bond donors (Lipinski definition) is 2. The summed E-state index contributed by atoms with van der Waals surface area (Å²) in [5.74, 6) is 0.140. The van der Waals surface area contributed by atoms with Gasteiger partial charge in [-0.25, -0.2) is 0 Å². The highest BCUT2D eigenvalue weighted by Crippen LogP contribution is 2.39. The normalized spacial score (nSPS) is 27.0. The number of carbonyl (C=O) groups excluding carboxylic acids is 2. The van der Waals surface area contributed by atoms with Gasteiger partial charge < -0.3 is 10.6 Å². The Kier molecular flexibility index (Phi) is 2.93.